The number of nitrogens with zero attached hydrogens (tertiary/aromatic N) is 2. The van der Waals surface area contributed by atoms with Gasteiger partial charge in [-0.1, -0.05) is 140 Å². The molecule has 0 N–H and O–H groups in total. The maximum Gasteiger partial charge on any atom is 0.0635 e. The molecule has 10 rings (SSSR count). The number of rotatable bonds is 5. The highest BCUT2D eigenvalue weighted by Crippen LogP contribution is 2.54. The van der Waals surface area contributed by atoms with E-state index in [0.29, 0.717) is 0 Å². The third kappa shape index (κ3) is 4.42. The van der Waals surface area contributed by atoms with E-state index in [0.717, 1.165) is 0 Å². The van der Waals surface area contributed by atoms with E-state index in [4.69, 9.17) is 0 Å². The Labute approximate surface area is 292 Å². The van der Waals surface area contributed by atoms with Gasteiger partial charge in [0, 0.05) is 33.8 Å². The summed E-state index contributed by atoms with van der Waals surface area (Å²) in [4.78, 5) is 2.53. The molecule has 2 aliphatic carbocycles. The zero-order valence-electron chi connectivity index (χ0n) is 27.5. The molecule has 0 radical (unpaired) electrons. The van der Waals surface area contributed by atoms with Crippen molar-refractivity contribution in [2.45, 2.75) is 12.0 Å². The van der Waals surface area contributed by atoms with Crippen molar-refractivity contribution in [1.82, 2.24) is 4.57 Å². The third-order valence-electron chi connectivity index (χ3n) is 10.6. The first-order chi connectivity index (χ1) is 24.8. The van der Waals surface area contributed by atoms with Crippen LogP contribution in [0.1, 0.15) is 17.0 Å². The van der Waals surface area contributed by atoms with Gasteiger partial charge in [0.1, 0.15) is 0 Å². The molecule has 2 unspecified atom stereocenters. The Morgan fingerprint density at radius 3 is 1.82 bits per heavy atom. The van der Waals surface area contributed by atoms with Crippen LogP contribution >= 0.6 is 0 Å². The normalized spacial score (nSPS) is 16.0. The van der Waals surface area contributed by atoms with Gasteiger partial charge in [-0.3, -0.25) is 0 Å². The van der Waals surface area contributed by atoms with Gasteiger partial charge >= 0.3 is 0 Å². The van der Waals surface area contributed by atoms with Crippen LogP contribution in [0.2, 0.25) is 0 Å². The van der Waals surface area contributed by atoms with E-state index in [9.17, 15) is 0 Å². The first-order valence-corrected chi connectivity index (χ1v) is 17.4. The standard InChI is InChI=1S/C48H34N2/c1-4-16-34(17-5-1)49(35-18-6-2-7-19-35)46-29-15-27-42-39-23-11-10-22-38(39)41-26-14-25-37(47(41)48(42)46)33-30-31-45-43(32-33)40-24-12-13-28-44(40)50(45)36-20-8-3-9-21-36/h1-32,46,48H. The molecule has 0 fully saturated rings. The minimum Gasteiger partial charge on any atom is -0.334 e. The monoisotopic (exact) mass is 638 g/mol. The molecule has 7 aromatic carbocycles. The molecular weight excluding hydrogens is 605 g/mol. The fourth-order valence-electron chi connectivity index (χ4n) is 8.51. The van der Waals surface area contributed by atoms with Crippen molar-refractivity contribution in [3.8, 4) is 27.9 Å². The molecule has 0 aliphatic heterocycles. The van der Waals surface area contributed by atoms with Crippen LogP contribution in [-0.4, -0.2) is 10.6 Å². The number of hydrogen-bond acceptors (Lipinski definition) is 1. The van der Waals surface area contributed by atoms with Crippen molar-refractivity contribution in [3.05, 3.63) is 205 Å². The van der Waals surface area contributed by atoms with Gasteiger partial charge in [-0.05, 0) is 93.6 Å². The van der Waals surface area contributed by atoms with Crippen LogP contribution in [0.4, 0.5) is 11.4 Å². The lowest BCUT2D eigenvalue weighted by Crippen LogP contribution is -2.38. The summed E-state index contributed by atoms with van der Waals surface area (Å²) in [5.74, 6) is 0.0999. The average Bonchev–Trinajstić information content (AvgIpc) is 3.53. The number of allylic oxidation sites excluding steroid dienone is 2. The van der Waals surface area contributed by atoms with Gasteiger partial charge < -0.3 is 9.47 Å². The zero-order valence-corrected chi connectivity index (χ0v) is 27.5. The SMILES string of the molecule is C1=CC(N(c2ccccc2)c2ccccc2)C2C(=C1)c1ccccc1-c1cccc(-c3ccc4c(c3)c3ccccc3n4-c3ccccc3)c12. The minimum atomic E-state index is 0.0526. The lowest BCUT2D eigenvalue weighted by atomic mass is 9.68. The van der Waals surface area contributed by atoms with Crippen molar-refractivity contribution in [3.63, 3.8) is 0 Å². The van der Waals surface area contributed by atoms with E-state index in [1.165, 1.54) is 77.8 Å². The second-order valence-electron chi connectivity index (χ2n) is 13.2. The average molecular weight is 639 g/mol. The van der Waals surface area contributed by atoms with Gasteiger partial charge in [-0.25, -0.2) is 0 Å². The molecule has 0 amide bonds. The van der Waals surface area contributed by atoms with Crippen LogP contribution in [0.3, 0.4) is 0 Å². The second kappa shape index (κ2) is 11.6. The fraction of sp³-hybridized carbons (Fsp3) is 0.0417. The molecule has 8 aromatic rings. The van der Waals surface area contributed by atoms with E-state index in [2.05, 4.69) is 204 Å². The molecule has 1 aromatic heterocycles. The van der Waals surface area contributed by atoms with Crippen LogP contribution in [0.25, 0.3) is 55.3 Å². The number of benzene rings is 7. The summed E-state index contributed by atoms with van der Waals surface area (Å²) in [6, 6.07) is 64.2. The maximum absolute atomic E-state index is 2.53. The number of anilines is 2. The van der Waals surface area contributed by atoms with Crippen LogP contribution in [0.5, 0.6) is 0 Å². The summed E-state index contributed by atoms with van der Waals surface area (Å²) in [7, 11) is 0. The molecule has 2 atom stereocenters. The molecule has 2 heteroatoms. The predicted octanol–water partition coefficient (Wildman–Crippen LogP) is 12.4. The van der Waals surface area contributed by atoms with Crippen molar-refractivity contribution in [2.75, 3.05) is 4.90 Å². The smallest absolute Gasteiger partial charge is 0.0635 e. The molecule has 50 heavy (non-hydrogen) atoms. The van der Waals surface area contributed by atoms with E-state index in [1.54, 1.807) is 0 Å². The van der Waals surface area contributed by atoms with Crippen LogP contribution in [0.15, 0.2) is 194 Å². The fourth-order valence-corrected chi connectivity index (χ4v) is 8.51. The Bertz CT molecular complexity index is 2550. The molecule has 0 saturated carbocycles. The highest BCUT2D eigenvalue weighted by Gasteiger charge is 2.39. The molecule has 2 aliphatic rings. The highest BCUT2D eigenvalue weighted by atomic mass is 15.2. The van der Waals surface area contributed by atoms with Crippen LogP contribution in [0, 0.1) is 0 Å². The Balaban J connectivity index is 1.22. The van der Waals surface area contributed by atoms with Gasteiger partial charge in [0.05, 0.1) is 17.1 Å². The Hall–Kier alpha value is -6.38. The largest absolute Gasteiger partial charge is 0.334 e. The summed E-state index contributed by atoms with van der Waals surface area (Å²) < 4.78 is 2.39. The lowest BCUT2D eigenvalue weighted by molar-refractivity contribution is 0.702. The van der Waals surface area contributed by atoms with Gasteiger partial charge in [0.25, 0.3) is 0 Å². The molecule has 1 heterocycles. The predicted molar refractivity (Wildman–Crippen MR) is 210 cm³/mol. The Morgan fingerprint density at radius 1 is 0.460 bits per heavy atom. The summed E-state index contributed by atoms with van der Waals surface area (Å²) in [5, 5.41) is 2.53. The van der Waals surface area contributed by atoms with E-state index in [1.807, 2.05) is 0 Å². The molecule has 236 valence electrons. The van der Waals surface area contributed by atoms with Gasteiger partial charge in [-0.2, -0.15) is 0 Å². The zero-order chi connectivity index (χ0) is 33.0. The summed E-state index contributed by atoms with van der Waals surface area (Å²) in [6.07, 6.45) is 7.02. The van der Waals surface area contributed by atoms with Gasteiger partial charge in [0.15, 0.2) is 0 Å². The van der Waals surface area contributed by atoms with Crippen molar-refractivity contribution in [1.29, 1.82) is 0 Å². The molecule has 2 nitrogen and oxygen atoms in total. The quantitative estimate of drug-likeness (QED) is 0.182. The molecule has 0 saturated heterocycles. The first-order valence-electron chi connectivity index (χ1n) is 17.4. The summed E-state index contributed by atoms with van der Waals surface area (Å²) >= 11 is 0. The number of hydrogen-bond donors (Lipinski definition) is 0. The summed E-state index contributed by atoms with van der Waals surface area (Å²) in [5.41, 5.74) is 15.2. The number of fused-ring (bicyclic) bond motifs is 9. The highest BCUT2D eigenvalue weighted by molar-refractivity contribution is 6.11. The third-order valence-corrected chi connectivity index (χ3v) is 10.6. The topological polar surface area (TPSA) is 8.17 Å². The van der Waals surface area contributed by atoms with Crippen molar-refractivity contribution >= 4 is 38.8 Å². The van der Waals surface area contributed by atoms with Crippen LogP contribution in [-0.2, 0) is 0 Å². The van der Waals surface area contributed by atoms with Crippen LogP contribution < -0.4 is 4.90 Å². The number of para-hydroxylation sites is 4. The maximum atomic E-state index is 2.53. The molecule has 0 spiro atoms. The lowest BCUT2D eigenvalue weighted by Gasteiger charge is -2.43. The summed E-state index contributed by atoms with van der Waals surface area (Å²) in [6.45, 7) is 0. The van der Waals surface area contributed by atoms with Gasteiger partial charge in [0.2, 0.25) is 0 Å². The molecular formula is C48H34N2. The Kier molecular flexibility index (Phi) is 6.67. The van der Waals surface area contributed by atoms with Crippen molar-refractivity contribution < 1.29 is 0 Å². The Morgan fingerprint density at radius 2 is 1.06 bits per heavy atom. The van der Waals surface area contributed by atoms with E-state index < -0.39 is 0 Å². The second-order valence-corrected chi connectivity index (χ2v) is 13.2. The van der Waals surface area contributed by atoms with Crippen molar-refractivity contribution in [2.24, 2.45) is 0 Å². The minimum absolute atomic E-state index is 0.0526. The first kappa shape index (κ1) is 28.6. The van der Waals surface area contributed by atoms with Gasteiger partial charge in [-0.15, -0.1) is 0 Å². The number of aromatic nitrogens is 1. The van der Waals surface area contributed by atoms with E-state index >= 15 is 0 Å². The van der Waals surface area contributed by atoms with E-state index in [-0.39, 0.29) is 12.0 Å². The molecule has 0 bridgehead atoms.